The van der Waals surface area contributed by atoms with Crippen LogP contribution in [-0.2, 0) is 4.74 Å². The maximum absolute atomic E-state index is 12.8. The van der Waals surface area contributed by atoms with Crippen molar-refractivity contribution in [2.75, 3.05) is 7.11 Å². The van der Waals surface area contributed by atoms with Gasteiger partial charge < -0.3 is 4.74 Å². The molecule has 0 saturated carbocycles. The van der Waals surface area contributed by atoms with Gasteiger partial charge in [-0.25, -0.2) is 4.39 Å². The Morgan fingerprint density at radius 3 is 2.45 bits per heavy atom. The minimum atomic E-state index is -0.459. The maximum Gasteiger partial charge on any atom is 0.164 e. The van der Waals surface area contributed by atoms with Crippen LogP contribution in [0, 0.1) is 0 Å². The number of hydrogen-bond donors (Lipinski definition) is 0. The molecule has 0 bridgehead atoms. The number of rotatable bonds is 4. The standard InChI is InChI=1S/C9H13FO/c1-5-7(2)6-9(10)8(3)11-4/h6H,2-3,5H2,1,4H3/b9-6+. The van der Waals surface area contributed by atoms with Gasteiger partial charge in [0.15, 0.2) is 5.83 Å². The van der Waals surface area contributed by atoms with Gasteiger partial charge in [-0.05, 0) is 12.5 Å². The minimum Gasteiger partial charge on any atom is -0.494 e. The zero-order valence-corrected chi connectivity index (χ0v) is 6.98. The Bertz CT molecular complexity index is 192. The lowest BCUT2D eigenvalue weighted by atomic mass is 10.2. The highest BCUT2D eigenvalue weighted by Gasteiger charge is 1.99. The van der Waals surface area contributed by atoms with Crippen LogP contribution >= 0.6 is 0 Å². The Balaban J connectivity index is 4.21. The van der Waals surface area contributed by atoms with Crippen molar-refractivity contribution in [3.63, 3.8) is 0 Å². The van der Waals surface area contributed by atoms with Gasteiger partial charge in [0.2, 0.25) is 0 Å². The van der Waals surface area contributed by atoms with Gasteiger partial charge >= 0.3 is 0 Å². The summed E-state index contributed by atoms with van der Waals surface area (Å²) in [5, 5.41) is 0. The Morgan fingerprint density at radius 1 is 1.55 bits per heavy atom. The average Bonchev–Trinajstić information content (AvgIpc) is 2.02. The maximum atomic E-state index is 12.8. The largest absolute Gasteiger partial charge is 0.494 e. The lowest BCUT2D eigenvalue weighted by molar-refractivity contribution is 0.285. The third kappa shape index (κ3) is 3.61. The number of methoxy groups -OCH3 is 1. The Labute approximate surface area is 66.9 Å². The minimum absolute atomic E-state index is 0.0413. The zero-order valence-electron chi connectivity index (χ0n) is 6.98. The van der Waals surface area contributed by atoms with Gasteiger partial charge in [-0.3, -0.25) is 0 Å². The topological polar surface area (TPSA) is 9.23 Å². The van der Waals surface area contributed by atoms with Gasteiger partial charge in [0, 0.05) is 0 Å². The summed E-state index contributed by atoms with van der Waals surface area (Å²) in [4.78, 5) is 0. The Hall–Kier alpha value is -1.05. The third-order valence-electron chi connectivity index (χ3n) is 1.30. The summed E-state index contributed by atoms with van der Waals surface area (Å²) in [5.74, 6) is -0.418. The molecule has 0 aromatic rings. The predicted octanol–water partition coefficient (Wildman–Crippen LogP) is 2.97. The molecule has 2 heteroatoms. The van der Waals surface area contributed by atoms with Gasteiger partial charge in [-0.2, -0.15) is 0 Å². The van der Waals surface area contributed by atoms with E-state index in [4.69, 9.17) is 0 Å². The molecule has 0 rings (SSSR count). The molecule has 0 N–H and O–H groups in total. The van der Waals surface area contributed by atoms with Crippen LogP contribution in [-0.4, -0.2) is 7.11 Å². The molecule has 62 valence electrons. The first-order valence-electron chi connectivity index (χ1n) is 3.40. The average molecular weight is 156 g/mol. The van der Waals surface area contributed by atoms with Crippen LogP contribution < -0.4 is 0 Å². The second-order valence-corrected chi connectivity index (χ2v) is 2.13. The lowest BCUT2D eigenvalue weighted by Gasteiger charge is -2.00. The van der Waals surface area contributed by atoms with Crippen LogP contribution in [0.15, 0.2) is 36.4 Å². The Morgan fingerprint density at radius 2 is 2.09 bits per heavy atom. The first-order valence-corrected chi connectivity index (χ1v) is 3.40. The second-order valence-electron chi connectivity index (χ2n) is 2.13. The van der Waals surface area contributed by atoms with Crippen LogP contribution in [0.25, 0.3) is 0 Å². The van der Waals surface area contributed by atoms with E-state index in [-0.39, 0.29) is 5.76 Å². The van der Waals surface area contributed by atoms with E-state index < -0.39 is 5.83 Å². The SMILES string of the molecule is C=C(/C=C(/F)C(=C)OC)CC. The highest BCUT2D eigenvalue weighted by atomic mass is 19.1. The third-order valence-corrected chi connectivity index (χ3v) is 1.30. The summed E-state index contributed by atoms with van der Waals surface area (Å²) < 4.78 is 17.4. The first kappa shape index (κ1) is 9.95. The van der Waals surface area contributed by atoms with E-state index >= 15 is 0 Å². The van der Waals surface area contributed by atoms with E-state index in [2.05, 4.69) is 17.9 Å². The van der Waals surface area contributed by atoms with Crippen LogP contribution in [0.5, 0.6) is 0 Å². The fraction of sp³-hybridized carbons (Fsp3) is 0.333. The summed E-state index contributed by atoms with van der Waals surface area (Å²) in [6, 6.07) is 0. The summed E-state index contributed by atoms with van der Waals surface area (Å²) in [6.07, 6.45) is 2.05. The molecule has 0 amide bonds. The molecular weight excluding hydrogens is 143 g/mol. The van der Waals surface area contributed by atoms with Crippen LogP contribution in [0.4, 0.5) is 4.39 Å². The van der Waals surface area contributed by atoms with Crippen molar-refractivity contribution < 1.29 is 9.13 Å². The molecule has 0 radical (unpaired) electrons. The van der Waals surface area contributed by atoms with Crippen molar-refractivity contribution in [3.05, 3.63) is 36.4 Å². The number of hydrogen-bond acceptors (Lipinski definition) is 1. The fourth-order valence-corrected chi connectivity index (χ4v) is 0.459. The molecule has 11 heavy (non-hydrogen) atoms. The molecule has 1 nitrogen and oxygen atoms in total. The molecule has 0 aromatic carbocycles. The molecule has 0 atom stereocenters. The van der Waals surface area contributed by atoms with Gasteiger partial charge in [-0.1, -0.05) is 25.7 Å². The molecular formula is C9H13FO. The van der Waals surface area contributed by atoms with Crippen molar-refractivity contribution in [1.29, 1.82) is 0 Å². The summed E-state index contributed by atoms with van der Waals surface area (Å²) in [7, 11) is 1.38. The summed E-state index contributed by atoms with van der Waals surface area (Å²) in [5.41, 5.74) is 0.723. The van der Waals surface area contributed by atoms with Crippen molar-refractivity contribution in [2.24, 2.45) is 0 Å². The van der Waals surface area contributed by atoms with E-state index in [0.29, 0.717) is 0 Å². The van der Waals surface area contributed by atoms with Gasteiger partial charge in [0.25, 0.3) is 0 Å². The monoisotopic (exact) mass is 156 g/mol. The fourth-order valence-electron chi connectivity index (χ4n) is 0.459. The van der Waals surface area contributed by atoms with Crippen LogP contribution in [0.3, 0.4) is 0 Å². The predicted molar refractivity (Wildman–Crippen MR) is 44.8 cm³/mol. The van der Waals surface area contributed by atoms with Crippen LogP contribution in [0.2, 0.25) is 0 Å². The Kier molecular flexibility index (Phi) is 4.27. The molecule has 0 aliphatic heterocycles. The van der Waals surface area contributed by atoms with E-state index in [9.17, 15) is 4.39 Å². The molecule has 0 heterocycles. The van der Waals surface area contributed by atoms with E-state index in [0.717, 1.165) is 12.0 Å². The van der Waals surface area contributed by atoms with E-state index in [1.807, 2.05) is 6.92 Å². The smallest absolute Gasteiger partial charge is 0.164 e. The quantitative estimate of drug-likeness (QED) is 0.449. The van der Waals surface area contributed by atoms with E-state index in [1.54, 1.807) is 0 Å². The summed E-state index contributed by atoms with van der Waals surface area (Å²) in [6.45, 7) is 8.88. The van der Waals surface area contributed by atoms with E-state index in [1.165, 1.54) is 13.2 Å². The first-order chi connectivity index (χ1) is 5.11. The molecule has 0 aliphatic rings. The second kappa shape index (κ2) is 4.72. The number of allylic oxidation sites excluding steroid dienone is 3. The van der Waals surface area contributed by atoms with Crippen molar-refractivity contribution >= 4 is 0 Å². The van der Waals surface area contributed by atoms with Gasteiger partial charge in [0.05, 0.1) is 7.11 Å². The molecule has 0 fully saturated rings. The number of ether oxygens (including phenoxy) is 1. The normalized spacial score (nSPS) is 11.0. The van der Waals surface area contributed by atoms with Gasteiger partial charge in [0.1, 0.15) is 5.76 Å². The van der Waals surface area contributed by atoms with Crippen molar-refractivity contribution in [1.82, 2.24) is 0 Å². The van der Waals surface area contributed by atoms with Crippen LogP contribution in [0.1, 0.15) is 13.3 Å². The summed E-state index contributed by atoms with van der Waals surface area (Å²) >= 11 is 0. The molecule has 0 aliphatic carbocycles. The highest BCUT2D eigenvalue weighted by Crippen LogP contribution is 2.13. The number of halogens is 1. The molecule has 0 aromatic heterocycles. The molecule has 0 saturated heterocycles. The van der Waals surface area contributed by atoms with Crippen molar-refractivity contribution in [2.45, 2.75) is 13.3 Å². The van der Waals surface area contributed by atoms with Gasteiger partial charge in [-0.15, -0.1) is 0 Å². The zero-order chi connectivity index (χ0) is 8.85. The highest BCUT2D eigenvalue weighted by molar-refractivity contribution is 5.26. The molecule has 0 spiro atoms. The lowest BCUT2D eigenvalue weighted by Crippen LogP contribution is -1.85. The molecule has 0 unspecified atom stereocenters. The van der Waals surface area contributed by atoms with Crippen molar-refractivity contribution in [3.8, 4) is 0 Å².